The zero-order chi connectivity index (χ0) is 19.6. The maximum Gasteiger partial charge on any atom is 0.408 e. The van der Waals surface area contributed by atoms with Crippen molar-refractivity contribution >= 4 is 23.4 Å². The number of rotatable bonds is 5. The first-order chi connectivity index (χ1) is 12.0. The van der Waals surface area contributed by atoms with Gasteiger partial charge in [0.25, 0.3) is 0 Å². The van der Waals surface area contributed by atoms with Crippen LogP contribution in [0.4, 0.5) is 4.79 Å². The van der Waals surface area contributed by atoms with Gasteiger partial charge in [0.2, 0.25) is 5.89 Å². The summed E-state index contributed by atoms with van der Waals surface area (Å²) in [5, 5.41) is 14.3. The van der Waals surface area contributed by atoms with E-state index in [1.54, 1.807) is 26.2 Å². The molecule has 0 bridgehead atoms. The van der Waals surface area contributed by atoms with E-state index in [0.717, 1.165) is 0 Å². The summed E-state index contributed by atoms with van der Waals surface area (Å²) in [4.78, 5) is 31.6. The molecule has 2 N–H and O–H groups in total. The van der Waals surface area contributed by atoms with Gasteiger partial charge in [-0.3, -0.25) is 0 Å². The fourth-order valence-corrected chi connectivity index (χ4v) is 3.20. The molecule has 9 heteroatoms. The number of carboxylic acids is 1. The fourth-order valence-electron chi connectivity index (χ4n) is 2.18. The smallest absolute Gasteiger partial charge is 0.408 e. The molecule has 0 radical (unpaired) electrons. The highest BCUT2D eigenvalue weighted by molar-refractivity contribution is 7.10. The van der Waals surface area contributed by atoms with Crippen LogP contribution in [-0.2, 0) is 4.74 Å². The van der Waals surface area contributed by atoms with Crippen molar-refractivity contribution in [2.45, 2.75) is 53.2 Å². The highest BCUT2D eigenvalue weighted by Gasteiger charge is 2.26. The third-order valence-corrected chi connectivity index (χ3v) is 4.27. The Balaban J connectivity index is 2.23. The maximum absolute atomic E-state index is 12.1. The van der Waals surface area contributed by atoms with Crippen molar-refractivity contribution in [1.29, 1.82) is 0 Å². The summed E-state index contributed by atoms with van der Waals surface area (Å²) in [5.41, 5.74) is -0.304. The van der Waals surface area contributed by atoms with Crippen LogP contribution < -0.4 is 5.32 Å². The normalized spacial score (nSPS) is 12.9. The van der Waals surface area contributed by atoms with Crippen LogP contribution in [0.25, 0.3) is 11.6 Å². The predicted molar refractivity (Wildman–Crippen MR) is 96.3 cm³/mol. The lowest BCUT2D eigenvalue weighted by Crippen LogP contribution is -2.36. The van der Waals surface area contributed by atoms with Crippen LogP contribution in [0.15, 0.2) is 9.80 Å². The Labute approximate surface area is 155 Å². The summed E-state index contributed by atoms with van der Waals surface area (Å²) < 4.78 is 10.7. The molecule has 0 fully saturated rings. The number of carbonyl (C=O) groups is 2. The van der Waals surface area contributed by atoms with Gasteiger partial charge in [0.15, 0.2) is 5.69 Å². The first-order valence-corrected chi connectivity index (χ1v) is 9.02. The van der Waals surface area contributed by atoms with Crippen molar-refractivity contribution in [1.82, 2.24) is 15.3 Å². The third kappa shape index (κ3) is 4.81. The number of oxazole rings is 1. The van der Waals surface area contributed by atoms with E-state index >= 15 is 0 Å². The molecule has 8 nitrogen and oxygen atoms in total. The Bertz CT molecular complexity index is 804. The van der Waals surface area contributed by atoms with E-state index in [0.29, 0.717) is 10.7 Å². The van der Waals surface area contributed by atoms with E-state index in [2.05, 4.69) is 15.3 Å². The molecule has 0 aliphatic rings. The summed E-state index contributed by atoms with van der Waals surface area (Å²) >= 11 is 1.34. The highest BCUT2D eigenvalue weighted by atomic mass is 32.1. The Morgan fingerprint density at radius 3 is 2.46 bits per heavy atom. The van der Waals surface area contributed by atoms with E-state index < -0.39 is 17.7 Å². The summed E-state index contributed by atoms with van der Waals surface area (Å²) in [6, 6.07) is -0.349. The van der Waals surface area contributed by atoms with Gasteiger partial charge in [0.1, 0.15) is 22.1 Å². The second-order valence-corrected chi connectivity index (χ2v) is 8.06. The van der Waals surface area contributed by atoms with Gasteiger partial charge in [0.05, 0.1) is 6.04 Å². The molecule has 0 saturated heterocycles. The minimum absolute atomic E-state index is 0.0717. The molecule has 0 aromatic carbocycles. The van der Waals surface area contributed by atoms with Crippen molar-refractivity contribution < 1.29 is 23.8 Å². The van der Waals surface area contributed by atoms with Gasteiger partial charge in [-0.15, -0.1) is 11.3 Å². The van der Waals surface area contributed by atoms with E-state index in [9.17, 15) is 9.59 Å². The Morgan fingerprint density at radius 1 is 1.31 bits per heavy atom. The number of alkyl carbamates (subject to hydrolysis) is 1. The number of aryl methyl sites for hydroxylation is 1. The number of thiazole rings is 1. The van der Waals surface area contributed by atoms with Crippen molar-refractivity contribution in [3.63, 3.8) is 0 Å². The lowest BCUT2D eigenvalue weighted by Gasteiger charge is -2.24. The Kier molecular flexibility index (Phi) is 5.70. The summed E-state index contributed by atoms with van der Waals surface area (Å²) in [6.07, 6.45) is -0.520. The van der Waals surface area contributed by atoms with Crippen molar-refractivity contribution in [3.8, 4) is 11.6 Å². The van der Waals surface area contributed by atoms with Crippen LogP contribution in [0.5, 0.6) is 0 Å². The molecule has 1 atom stereocenters. The average molecular weight is 381 g/mol. The van der Waals surface area contributed by atoms with Gasteiger partial charge >= 0.3 is 12.1 Å². The van der Waals surface area contributed by atoms with Gasteiger partial charge in [-0.1, -0.05) is 13.8 Å². The molecule has 0 saturated carbocycles. The van der Waals surface area contributed by atoms with E-state index in [4.69, 9.17) is 14.3 Å². The zero-order valence-corrected chi connectivity index (χ0v) is 16.4. The molecule has 142 valence electrons. The van der Waals surface area contributed by atoms with Crippen molar-refractivity contribution in [2.24, 2.45) is 5.92 Å². The van der Waals surface area contributed by atoms with Gasteiger partial charge < -0.3 is 19.6 Å². The SMILES string of the molecule is Cc1oc(-c2csc([C@@H](NC(=O)OC(C)(C)C)C(C)C)n2)nc1C(=O)O. The van der Waals surface area contributed by atoms with E-state index in [1.807, 2.05) is 13.8 Å². The topological polar surface area (TPSA) is 115 Å². The maximum atomic E-state index is 12.1. The number of hydrogen-bond acceptors (Lipinski definition) is 7. The van der Waals surface area contributed by atoms with E-state index in [1.165, 1.54) is 18.3 Å². The molecule has 0 aliphatic carbocycles. The molecule has 1 amide bonds. The van der Waals surface area contributed by atoms with E-state index in [-0.39, 0.29) is 29.3 Å². The van der Waals surface area contributed by atoms with Gasteiger partial charge in [0, 0.05) is 5.38 Å². The molecule has 26 heavy (non-hydrogen) atoms. The lowest BCUT2D eigenvalue weighted by atomic mass is 10.1. The summed E-state index contributed by atoms with van der Waals surface area (Å²) in [5.74, 6) is -0.724. The van der Waals surface area contributed by atoms with Crippen LogP contribution >= 0.6 is 11.3 Å². The minimum atomic E-state index is -1.15. The molecule has 2 aromatic rings. The number of aromatic carboxylic acids is 1. The number of aromatic nitrogens is 2. The predicted octanol–water partition coefficient (Wildman–Crippen LogP) is 4.03. The average Bonchev–Trinajstić information content (AvgIpc) is 3.08. The van der Waals surface area contributed by atoms with Crippen LogP contribution in [0, 0.1) is 12.8 Å². The second-order valence-electron chi connectivity index (χ2n) is 7.17. The molecular formula is C17H23N3O5S. The standard InChI is InChI=1S/C17H23N3O5S/c1-8(2)11(20-16(23)25-17(4,5)6)14-18-10(7-26-14)13-19-12(15(21)22)9(3)24-13/h7-8,11H,1-6H3,(H,20,23)(H,21,22)/t11-/m0/s1. The molecule has 0 spiro atoms. The Morgan fingerprint density at radius 2 is 1.96 bits per heavy atom. The number of nitrogens with zero attached hydrogens (tertiary/aromatic N) is 2. The number of nitrogens with one attached hydrogen (secondary N) is 1. The molecule has 0 aliphatic heterocycles. The van der Waals surface area contributed by atoms with Crippen molar-refractivity contribution in [2.75, 3.05) is 0 Å². The lowest BCUT2D eigenvalue weighted by molar-refractivity contribution is 0.0489. The zero-order valence-electron chi connectivity index (χ0n) is 15.6. The molecular weight excluding hydrogens is 358 g/mol. The number of carbonyl (C=O) groups excluding carboxylic acids is 1. The van der Waals surface area contributed by atoms with Gasteiger partial charge in [-0.25, -0.2) is 19.6 Å². The summed E-state index contributed by atoms with van der Waals surface area (Å²) in [6.45, 7) is 10.8. The number of amides is 1. The third-order valence-electron chi connectivity index (χ3n) is 3.35. The molecule has 2 heterocycles. The van der Waals surface area contributed by atoms with Crippen molar-refractivity contribution in [3.05, 3.63) is 21.8 Å². The number of ether oxygens (including phenoxy) is 1. The molecule has 2 aromatic heterocycles. The number of hydrogen-bond donors (Lipinski definition) is 2. The monoisotopic (exact) mass is 381 g/mol. The largest absolute Gasteiger partial charge is 0.476 e. The first-order valence-electron chi connectivity index (χ1n) is 8.14. The van der Waals surface area contributed by atoms with Gasteiger partial charge in [-0.05, 0) is 33.6 Å². The molecule has 2 rings (SSSR count). The van der Waals surface area contributed by atoms with Gasteiger partial charge in [-0.2, -0.15) is 0 Å². The van der Waals surface area contributed by atoms with Crippen LogP contribution in [0.1, 0.15) is 61.9 Å². The van der Waals surface area contributed by atoms with Crippen LogP contribution in [0.3, 0.4) is 0 Å². The van der Waals surface area contributed by atoms with Crippen LogP contribution in [-0.4, -0.2) is 32.7 Å². The number of carboxylic acid groups (broad SMARTS) is 1. The fraction of sp³-hybridized carbons (Fsp3) is 0.529. The second kappa shape index (κ2) is 7.45. The highest BCUT2D eigenvalue weighted by Crippen LogP contribution is 2.30. The minimum Gasteiger partial charge on any atom is -0.476 e. The quantitative estimate of drug-likeness (QED) is 0.803. The first kappa shape index (κ1) is 19.9. The summed E-state index contributed by atoms with van der Waals surface area (Å²) in [7, 11) is 0. The van der Waals surface area contributed by atoms with Crippen LogP contribution in [0.2, 0.25) is 0 Å². The Hall–Kier alpha value is -2.42. The molecule has 0 unspecified atom stereocenters.